The predicted octanol–water partition coefficient (Wildman–Crippen LogP) is 7.52. The summed E-state index contributed by atoms with van der Waals surface area (Å²) >= 11 is 14.8. The second-order valence-corrected chi connectivity index (χ2v) is 10.9. The summed E-state index contributed by atoms with van der Waals surface area (Å²) in [6, 6.07) is 12.2. The van der Waals surface area contributed by atoms with Crippen molar-refractivity contribution in [2.24, 2.45) is 0 Å². The molecule has 0 unspecified atom stereocenters. The van der Waals surface area contributed by atoms with Crippen LogP contribution in [0.15, 0.2) is 40.7 Å². The summed E-state index contributed by atoms with van der Waals surface area (Å²) in [6.07, 6.45) is 0. The number of hydrogen-bond donors (Lipinski definition) is 0. The van der Waals surface area contributed by atoms with Crippen LogP contribution in [0.1, 0.15) is 43.0 Å². The maximum absolute atomic E-state index is 5.97. The normalized spacial score (nSPS) is 11.8. The molecule has 0 amide bonds. The van der Waals surface area contributed by atoms with E-state index in [0.717, 1.165) is 19.7 Å². The number of aryl methyl sites for hydroxylation is 2. The Bertz CT molecular complexity index is 988. The Kier molecular flexibility index (Phi) is 6.16. The van der Waals surface area contributed by atoms with Gasteiger partial charge in [0.05, 0.1) is 5.69 Å². The van der Waals surface area contributed by atoms with Crippen molar-refractivity contribution < 1.29 is 0 Å². The summed E-state index contributed by atoms with van der Waals surface area (Å²) in [6.45, 7) is 11.2. The van der Waals surface area contributed by atoms with Crippen molar-refractivity contribution >= 4 is 46.9 Å². The summed E-state index contributed by atoms with van der Waals surface area (Å²) in [7, 11) is 0. The van der Waals surface area contributed by atoms with Gasteiger partial charge in [0, 0.05) is 10.8 Å². The van der Waals surface area contributed by atoms with Gasteiger partial charge in [0.25, 0.3) is 0 Å². The minimum atomic E-state index is 0.165. The molecule has 142 valence electrons. The molecule has 3 aromatic rings. The molecule has 0 atom stereocenters. The first kappa shape index (κ1) is 20.6. The van der Waals surface area contributed by atoms with Gasteiger partial charge in [0.2, 0.25) is 0 Å². The average Bonchev–Trinajstić information content (AvgIpc) is 2.94. The minimum Gasteiger partial charge on any atom is -0.211 e. The van der Waals surface area contributed by atoms with Crippen LogP contribution < -0.4 is 0 Å². The first-order valence-electron chi connectivity index (χ1n) is 8.74. The number of hydrogen-bond acceptors (Lipinski definition) is 4. The molecule has 0 saturated heterocycles. The zero-order chi connectivity index (χ0) is 19.8. The van der Waals surface area contributed by atoms with E-state index in [-0.39, 0.29) is 5.41 Å². The van der Waals surface area contributed by atoms with Crippen LogP contribution in [0, 0.1) is 17.8 Å². The van der Waals surface area contributed by atoms with Crippen LogP contribution in [0.25, 0.3) is 5.69 Å². The average molecular weight is 435 g/mol. The third-order valence-corrected chi connectivity index (χ3v) is 7.15. The monoisotopic (exact) mass is 434 g/mol. The van der Waals surface area contributed by atoms with Crippen LogP contribution in [0.5, 0.6) is 0 Å². The van der Waals surface area contributed by atoms with Crippen molar-refractivity contribution in [2.75, 3.05) is 0 Å². The van der Waals surface area contributed by atoms with Crippen LogP contribution in [-0.4, -0.2) is 9.78 Å². The minimum absolute atomic E-state index is 0.165. The lowest BCUT2D eigenvalue weighted by molar-refractivity contribution is 0.589. The number of rotatable bonds is 4. The number of halogens is 1. The van der Waals surface area contributed by atoms with E-state index in [1.54, 1.807) is 27.8 Å². The first-order chi connectivity index (χ1) is 12.6. The fourth-order valence-corrected chi connectivity index (χ4v) is 5.54. The Hall–Kier alpha value is -1.14. The highest BCUT2D eigenvalue weighted by molar-refractivity contribution is 8.00. The van der Waals surface area contributed by atoms with E-state index in [9.17, 15) is 0 Å². The van der Waals surface area contributed by atoms with E-state index < -0.39 is 0 Å². The molecule has 2 nitrogen and oxygen atoms in total. The van der Waals surface area contributed by atoms with E-state index in [4.69, 9.17) is 28.9 Å². The number of thioether (sulfide) groups is 1. The zero-order valence-electron chi connectivity index (χ0n) is 16.2. The SMILES string of the molecule is Cc1cc(C(C)(C)C)cc(C)c1CSc1nn(-c2ccc(Cl)cc2)c(=S)s1. The summed E-state index contributed by atoms with van der Waals surface area (Å²) < 4.78 is 3.53. The second-order valence-electron chi connectivity index (χ2n) is 7.65. The summed E-state index contributed by atoms with van der Waals surface area (Å²) in [5.74, 6) is 0.894. The highest BCUT2D eigenvalue weighted by atomic mass is 35.5. The molecular formula is C21H23ClN2S3. The van der Waals surface area contributed by atoms with Gasteiger partial charge in [0.1, 0.15) is 0 Å². The van der Waals surface area contributed by atoms with Crippen LogP contribution in [0.4, 0.5) is 0 Å². The number of nitrogens with zero attached hydrogens (tertiary/aromatic N) is 2. The van der Waals surface area contributed by atoms with Crippen molar-refractivity contribution in [1.82, 2.24) is 9.78 Å². The molecule has 0 aliphatic heterocycles. The van der Waals surface area contributed by atoms with Gasteiger partial charge in [-0.15, -0.1) is 5.10 Å². The van der Waals surface area contributed by atoms with Gasteiger partial charge in [-0.2, -0.15) is 0 Å². The molecule has 0 N–H and O–H groups in total. The molecule has 6 heteroatoms. The van der Waals surface area contributed by atoms with Crippen molar-refractivity contribution in [3.05, 3.63) is 67.6 Å². The standard InChI is InChI=1S/C21H23ClN2S3/c1-13-10-15(21(3,4)5)11-14(2)18(13)12-26-19-23-24(20(25)27-19)17-8-6-16(22)7-9-17/h6-11H,12H2,1-5H3. The van der Waals surface area contributed by atoms with Gasteiger partial charge in [-0.3, -0.25) is 0 Å². The Morgan fingerprint density at radius 2 is 1.70 bits per heavy atom. The number of aromatic nitrogens is 2. The van der Waals surface area contributed by atoms with Gasteiger partial charge in [0.15, 0.2) is 8.29 Å². The van der Waals surface area contributed by atoms with Crippen molar-refractivity contribution in [3.63, 3.8) is 0 Å². The highest BCUT2D eigenvalue weighted by Crippen LogP contribution is 2.32. The third-order valence-electron chi connectivity index (χ3n) is 4.50. The number of benzene rings is 2. The topological polar surface area (TPSA) is 17.8 Å². The molecule has 0 aliphatic rings. The lowest BCUT2D eigenvalue weighted by Gasteiger charge is -2.22. The molecule has 0 radical (unpaired) electrons. The van der Waals surface area contributed by atoms with Crippen molar-refractivity contribution in [2.45, 2.75) is 50.1 Å². The maximum Gasteiger partial charge on any atom is 0.184 e. The largest absolute Gasteiger partial charge is 0.211 e. The molecule has 1 heterocycles. The predicted molar refractivity (Wildman–Crippen MR) is 121 cm³/mol. The molecular weight excluding hydrogens is 412 g/mol. The first-order valence-corrected chi connectivity index (χ1v) is 11.3. The molecule has 0 fully saturated rings. The summed E-state index contributed by atoms with van der Waals surface area (Å²) in [4.78, 5) is 0. The zero-order valence-corrected chi connectivity index (χ0v) is 19.4. The van der Waals surface area contributed by atoms with E-state index in [1.165, 1.54) is 22.3 Å². The quantitative estimate of drug-likeness (QED) is 0.312. The Morgan fingerprint density at radius 1 is 1.11 bits per heavy atom. The Morgan fingerprint density at radius 3 is 2.26 bits per heavy atom. The van der Waals surface area contributed by atoms with E-state index in [1.807, 2.05) is 24.3 Å². The van der Waals surface area contributed by atoms with Crippen molar-refractivity contribution in [3.8, 4) is 5.69 Å². The summed E-state index contributed by atoms with van der Waals surface area (Å²) in [5, 5.41) is 5.40. The Labute approximate surface area is 179 Å². The fourth-order valence-electron chi connectivity index (χ4n) is 2.85. The lowest BCUT2D eigenvalue weighted by atomic mass is 9.84. The Balaban J connectivity index is 1.81. The summed E-state index contributed by atoms with van der Waals surface area (Å²) in [5.41, 5.74) is 6.55. The van der Waals surface area contributed by atoms with Crippen LogP contribution in [0.2, 0.25) is 5.02 Å². The molecule has 0 bridgehead atoms. The molecule has 0 spiro atoms. The molecule has 3 rings (SSSR count). The van der Waals surface area contributed by atoms with E-state index in [0.29, 0.717) is 5.02 Å². The van der Waals surface area contributed by atoms with Gasteiger partial charge in [-0.25, -0.2) is 4.68 Å². The lowest BCUT2D eigenvalue weighted by Crippen LogP contribution is -2.12. The van der Waals surface area contributed by atoms with Crippen molar-refractivity contribution in [1.29, 1.82) is 0 Å². The molecule has 2 aromatic carbocycles. The third kappa shape index (κ3) is 4.83. The van der Waals surface area contributed by atoms with Gasteiger partial charge in [-0.1, -0.05) is 67.6 Å². The van der Waals surface area contributed by atoms with Crippen LogP contribution >= 0.6 is 46.9 Å². The van der Waals surface area contributed by atoms with Gasteiger partial charge in [-0.05, 0) is 78.0 Å². The van der Waals surface area contributed by atoms with Gasteiger partial charge < -0.3 is 0 Å². The molecule has 0 saturated carbocycles. The molecule has 0 aliphatic carbocycles. The van der Waals surface area contributed by atoms with E-state index >= 15 is 0 Å². The maximum atomic E-state index is 5.97. The highest BCUT2D eigenvalue weighted by Gasteiger charge is 2.17. The second kappa shape index (κ2) is 8.08. The van der Waals surface area contributed by atoms with Crippen LogP contribution in [0.3, 0.4) is 0 Å². The fraction of sp³-hybridized carbons (Fsp3) is 0.333. The smallest absolute Gasteiger partial charge is 0.184 e. The molecule has 27 heavy (non-hydrogen) atoms. The molecule has 1 aromatic heterocycles. The van der Waals surface area contributed by atoms with Gasteiger partial charge >= 0.3 is 0 Å². The van der Waals surface area contributed by atoms with Crippen LogP contribution in [-0.2, 0) is 11.2 Å². The van der Waals surface area contributed by atoms with E-state index in [2.05, 4.69) is 46.8 Å².